The highest BCUT2D eigenvalue weighted by atomic mass is 16.5. The van der Waals surface area contributed by atoms with E-state index in [0.717, 1.165) is 19.6 Å². The summed E-state index contributed by atoms with van der Waals surface area (Å²) >= 11 is 0. The van der Waals surface area contributed by atoms with Gasteiger partial charge in [0.1, 0.15) is 0 Å². The van der Waals surface area contributed by atoms with Gasteiger partial charge >= 0.3 is 0 Å². The molecule has 1 aliphatic heterocycles. The summed E-state index contributed by atoms with van der Waals surface area (Å²) in [5.41, 5.74) is 0.0705. The lowest BCUT2D eigenvalue weighted by Crippen LogP contribution is -2.61. The van der Waals surface area contributed by atoms with Gasteiger partial charge in [0.05, 0.1) is 11.2 Å². The summed E-state index contributed by atoms with van der Waals surface area (Å²) in [5, 5.41) is 3.59. The Labute approximate surface area is 113 Å². The molecule has 1 saturated heterocycles. The summed E-state index contributed by atoms with van der Waals surface area (Å²) in [7, 11) is 0. The minimum Gasteiger partial charge on any atom is -0.367 e. The van der Waals surface area contributed by atoms with Crippen molar-refractivity contribution < 1.29 is 4.74 Å². The van der Waals surface area contributed by atoms with Crippen LogP contribution in [-0.4, -0.2) is 47.3 Å². The Kier molecular flexibility index (Phi) is 4.52. The first-order chi connectivity index (χ1) is 7.90. The van der Waals surface area contributed by atoms with Gasteiger partial charge in [0.15, 0.2) is 0 Å². The van der Waals surface area contributed by atoms with Crippen molar-refractivity contribution in [1.29, 1.82) is 0 Å². The van der Waals surface area contributed by atoms with E-state index < -0.39 is 0 Å². The Balaban J connectivity index is 2.60. The van der Waals surface area contributed by atoms with Crippen LogP contribution in [0.25, 0.3) is 0 Å². The second-order valence-corrected chi connectivity index (χ2v) is 8.01. The molecule has 0 bridgehead atoms. The van der Waals surface area contributed by atoms with Crippen molar-refractivity contribution in [3.8, 4) is 0 Å². The summed E-state index contributed by atoms with van der Waals surface area (Å²) < 4.78 is 6.12. The zero-order chi connectivity index (χ0) is 14.2. The van der Waals surface area contributed by atoms with Gasteiger partial charge in [-0.05, 0) is 55.4 Å². The molecule has 1 aliphatic rings. The van der Waals surface area contributed by atoms with Crippen LogP contribution in [0.2, 0.25) is 0 Å². The molecule has 1 N–H and O–H groups in total. The smallest absolute Gasteiger partial charge is 0.0760 e. The van der Waals surface area contributed by atoms with Crippen LogP contribution in [0, 0.1) is 0 Å². The van der Waals surface area contributed by atoms with Gasteiger partial charge in [-0.15, -0.1) is 0 Å². The maximum Gasteiger partial charge on any atom is 0.0760 e. The SMILES string of the molecule is CC(CNC(C)(C)C)N1CC(C)(C)OC(C)(C)C1. The van der Waals surface area contributed by atoms with E-state index in [2.05, 4.69) is 65.6 Å². The van der Waals surface area contributed by atoms with Crippen LogP contribution < -0.4 is 5.32 Å². The third kappa shape index (κ3) is 5.25. The lowest BCUT2D eigenvalue weighted by atomic mass is 9.97. The second-order valence-electron chi connectivity index (χ2n) is 8.01. The molecule has 18 heavy (non-hydrogen) atoms. The predicted octanol–water partition coefficient (Wildman–Crippen LogP) is 2.65. The number of hydrogen-bond acceptors (Lipinski definition) is 3. The molecule has 0 spiro atoms. The predicted molar refractivity (Wildman–Crippen MR) is 78.0 cm³/mol. The largest absolute Gasteiger partial charge is 0.367 e. The summed E-state index contributed by atoms with van der Waals surface area (Å²) in [6.07, 6.45) is 0. The lowest BCUT2D eigenvalue weighted by Gasteiger charge is -2.49. The van der Waals surface area contributed by atoms with Crippen molar-refractivity contribution in [1.82, 2.24) is 10.2 Å². The first kappa shape index (κ1) is 15.9. The Hall–Kier alpha value is -0.120. The zero-order valence-corrected chi connectivity index (χ0v) is 13.6. The average molecular weight is 256 g/mol. The van der Waals surface area contributed by atoms with Crippen molar-refractivity contribution >= 4 is 0 Å². The molecule has 1 fully saturated rings. The molecule has 3 nitrogen and oxygen atoms in total. The van der Waals surface area contributed by atoms with Crippen LogP contribution in [0.15, 0.2) is 0 Å². The van der Waals surface area contributed by atoms with Gasteiger partial charge in [0, 0.05) is 31.2 Å². The number of hydrogen-bond donors (Lipinski definition) is 1. The summed E-state index contributed by atoms with van der Waals surface area (Å²) in [4.78, 5) is 2.54. The van der Waals surface area contributed by atoms with E-state index in [0.29, 0.717) is 6.04 Å². The topological polar surface area (TPSA) is 24.5 Å². The van der Waals surface area contributed by atoms with Crippen LogP contribution in [0.3, 0.4) is 0 Å². The minimum absolute atomic E-state index is 0.0578. The molecule has 0 aromatic rings. The monoisotopic (exact) mass is 256 g/mol. The highest BCUT2D eigenvalue weighted by molar-refractivity contribution is 4.91. The molecule has 0 amide bonds. The number of ether oxygens (including phenoxy) is 1. The molecule has 108 valence electrons. The third-order valence-corrected chi connectivity index (χ3v) is 3.27. The lowest BCUT2D eigenvalue weighted by molar-refractivity contribution is -0.186. The van der Waals surface area contributed by atoms with Gasteiger partial charge in [-0.3, -0.25) is 4.90 Å². The molecular formula is C15H32N2O. The fraction of sp³-hybridized carbons (Fsp3) is 1.00. The molecule has 1 atom stereocenters. The van der Waals surface area contributed by atoms with Crippen LogP contribution in [0.5, 0.6) is 0 Å². The van der Waals surface area contributed by atoms with E-state index >= 15 is 0 Å². The van der Waals surface area contributed by atoms with E-state index in [4.69, 9.17) is 4.74 Å². The molecule has 0 radical (unpaired) electrons. The second kappa shape index (κ2) is 5.10. The standard InChI is InChI=1S/C15H32N2O/c1-12(9-16-13(2,3)4)17-10-14(5,6)18-15(7,8)11-17/h12,16H,9-11H2,1-8H3. The number of nitrogens with one attached hydrogen (secondary N) is 1. The molecule has 0 aromatic heterocycles. The van der Waals surface area contributed by atoms with Gasteiger partial charge in [-0.1, -0.05) is 0 Å². The molecular weight excluding hydrogens is 224 g/mol. The van der Waals surface area contributed by atoms with Crippen molar-refractivity contribution in [2.24, 2.45) is 0 Å². The number of nitrogens with zero attached hydrogens (tertiary/aromatic N) is 1. The molecule has 1 heterocycles. The average Bonchev–Trinajstić information content (AvgIpc) is 2.07. The van der Waals surface area contributed by atoms with E-state index in [1.165, 1.54) is 0 Å². The van der Waals surface area contributed by atoms with E-state index in [1.807, 2.05) is 0 Å². The Morgan fingerprint density at radius 3 is 1.94 bits per heavy atom. The molecule has 0 aliphatic carbocycles. The molecule has 1 unspecified atom stereocenters. The molecule has 3 heteroatoms. The summed E-state index contributed by atoms with van der Waals surface area (Å²) in [5.74, 6) is 0. The summed E-state index contributed by atoms with van der Waals surface area (Å²) in [6.45, 7) is 20.7. The van der Waals surface area contributed by atoms with Gasteiger partial charge in [0.2, 0.25) is 0 Å². The maximum atomic E-state index is 6.12. The fourth-order valence-electron chi connectivity index (χ4n) is 2.74. The van der Waals surface area contributed by atoms with Gasteiger partial charge in [-0.25, -0.2) is 0 Å². The number of rotatable bonds is 3. The van der Waals surface area contributed by atoms with Crippen molar-refractivity contribution in [2.75, 3.05) is 19.6 Å². The third-order valence-electron chi connectivity index (χ3n) is 3.27. The first-order valence-electron chi connectivity index (χ1n) is 7.10. The van der Waals surface area contributed by atoms with Gasteiger partial charge in [0.25, 0.3) is 0 Å². The van der Waals surface area contributed by atoms with Gasteiger partial charge in [-0.2, -0.15) is 0 Å². The Morgan fingerprint density at radius 1 is 1.11 bits per heavy atom. The Bertz CT molecular complexity index is 263. The maximum absolute atomic E-state index is 6.12. The molecule has 1 rings (SSSR count). The summed E-state index contributed by atoms with van der Waals surface area (Å²) in [6, 6.07) is 0.534. The van der Waals surface area contributed by atoms with Crippen LogP contribution in [-0.2, 0) is 4.74 Å². The number of morpholine rings is 1. The van der Waals surface area contributed by atoms with Crippen molar-refractivity contribution in [3.05, 3.63) is 0 Å². The van der Waals surface area contributed by atoms with Crippen LogP contribution in [0.4, 0.5) is 0 Å². The van der Waals surface area contributed by atoms with Crippen molar-refractivity contribution in [3.63, 3.8) is 0 Å². The van der Waals surface area contributed by atoms with Crippen LogP contribution in [0.1, 0.15) is 55.4 Å². The zero-order valence-electron chi connectivity index (χ0n) is 13.6. The first-order valence-corrected chi connectivity index (χ1v) is 7.10. The van der Waals surface area contributed by atoms with Crippen molar-refractivity contribution in [2.45, 2.75) is 78.2 Å². The quantitative estimate of drug-likeness (QED) is 0.840. The van der Waals surface area contributed by atoms with E-state index in [1.54, 1.807) is 0 Å². The fourth-order valence-corrected chi connectivity index (χ4v) is 2.74. The normalized spacial score (nSPS) is 26.0. The highest BCUT2D eigenvalue weighted by Gasteiger charge is 2.39. The highest BCUT2D eigenvalue weighted by Crippen LogP contribution is 2.29. The van der Waals surface area contributed by atoms with E-state index in [9.17, 15) is 0 Å². The molecule has 0 aromatic carbocycles. The minimum atomic E-state index is -0.0578. The Morgan fingerprint density at radius 2 is 1.56 bits per heavy atom. The van der Waals surface area contributed by atoms with Gasteiger partial charge < -0.3 is 10.1 Å². The van der Waals surface area contributed by atoms with Crippen LogP contribution >= 0.6 is 0 Å². The van der Waals surface area contributed by atoms with E-state index in [-0.39, 0.29) is 16.7 Å². The molecule has 0 saturated carbocycles.